The first-order chi connectivity index (χ1) is 18.5. The fraction of sp³-hybridized carbons (Fsp3) is 0.300. The highest BCUT2D eigenvalue weighted by atomic mass is 79.9. The summed E-state index contributed by atoms with van der Waals surface area (Å²) in [4.78, 5) is 38.2. The van der Waals surface area contributed by atoms with Crippen LogP contribution < -0.4 is 14.8 Å². The SMILES string of the molecule is Cc1c(F)c(C(=O)CCCNC(=O)OC(C)(C)C)c(Br)c(OCc2ccccc2)c1C(=O)Oc1ccccc1. The summed E-state index contributed by atoms with van der Waals surface area (Å²) in [5, 5.41) is 2.58. The second-order valence-electron chi connectivity index (χ2n) is 9.76. The number of hydrogen-bond donors (Lipinski definition) is 1. The summed E-state index contributed by atoms with van der Waals surface area (Å²) >= 11 is 3.33. The maximum Gasteiger partial charge on any atom is 0.407 e. The molecule has 0 aliphatic rings. The maximum atomic E-state index is 15.6. The molecule has 9 heteroatoms. The largest absolute Gasteiger partial charge is 0.487 e. The Balaban J connectivity index is 1.87. The van der Waals surface area contributed by atoms with Crippen molar-refractivity contribution in [1.82, 2.24) is 5.32 Å². The van der Waals surface area contributed by atoms with Gasteiger partial charge in [-0.1, -0.05) is 48.5 Å². The smallest absolute Gasteiger partial charge is 0.407 e. The molecule has 206 valence electrons. The number of ketones is 1. The van der Waals surface area contributed by atoms with E-state index in [9.17, 15) is 14.4 Å². The van der Waals surface area contributed by atoms with Gasteiger partial charge in [-0.3, -0.25) is 4.79 Å². The molecule has 0 spiro atoms. The molecule has 3 rings (SSSR count). The number of carbonyl (C=O) groups is 3. The van der Waals surface area contributed by atoms with Crippen LogP contribution >= 0.6 is 15.9 Å². The number of esters is 1. The van der Waals surface area contributed by atoms with E-state index in [2.05, 4.69) is 21.2 Å². The van der Waals surface area contributed by atoms with E-state index < -0.39 is 29.3 Å². The standard InChI is InChI=1S/C30H31BrFNO6/c1-19-23(28(35)38-21-14-9-6-10-15-21)27(37-18-20-12-7-5-8-13-20)25(31)24(26(19)32)22(34)16-11-17-33-29(36)39-30(2,3)4/h5-10,12-15H,11,16-18H2,1-4H3,(H,33,36). The number of carbonyl (C=O) groups excluding carboxylic acids is 3. The average Bonchev–Trinajstić information content (AvgIpc) is 2.88. The topological polar surface area (TPSA) is 90.9 Å². The molecule has 1 N–H and O–H groups in total. The van der Waals surface area contributed by atoms with Crippen molar-refractivity contribution >= 4 is 33.8 Å². The second-order valence-corrected chi connectivity index (χ2v) is 10.6. The number of rotatable bonds is 10. The minimum Gasteiger partial charge on any atom is -0.487 e. The van der Waals surface area contributed by atoms with Crippen molar-refractivity contribution in [2.24, 2.45) is 0 Å². The Morgan fingerprint density at radius 2 is 1.56 bits per heavy atom. The molecule has 39 heavy (non-hydrogen) atoms. The third-order valence-corrected chi connectivity index (χ3v) is 6.24. The summed E-state index contributed by atoms with van der Waals surface area (Å²) in [6, 6.07) is 17.6. The van der Waals surface area contributed by atoms with Gasteiger partial charge in [0.05, 0.1) is 10.0 Å². The number of benzene rings is 3. The van der Waals surface area contributed by atoms with E-state index in [1.54, 1.807) is 51.1 Å². The first-order valence-electron chi connectivity index (χ1n) is 12.4. The molecular weight excluding hydrogens is 569 g/mol. The van der Waals surface area contributed by atoms with Crippen LogP contribution in [0.5, 0.6) is 11.5 Å². The van der Waals surface area contributed by atoms with Gasteiger partial charge in [0.1, 0.15) is 35.1 Å². The Kier molecular flexibility index (Phi) is 10.2. The molecule has 0 aliphatic carbocycles. The molecule has 0 heterocycles. The monoisotopic (exact) mass is 599 g/mol. The molecule has 3 aromatic carbocycles. The van der Waals surface area contributed by atoms with Gasteiger partial charge >= 0.3 is 12.1 Å². The summed E-state index contributed by atoms with van der Waals surface area (Å²) in [5.74, 6) is -1.89. The Bertz CT molecular complexity index is 1320. The molecule has 0 aromatic heterocycles. The third kappa shape index (κ3) is 8.38. The summed E-state index contributed by atoms with van der Waals surface area (Å²) in [7, 11) is 0. The van der Waals surface area contributed by atoms with Gasteiger partial charge in [0, 0.05) is 18.5 Å². The number of amides is 1. The van der Waals surface area contributed by atoms with Crippen molar-refractivity contribution in [3.63, 3.8) is 0 Å². The van der Waals surface area contributed by atoms with Crippen molar-refractivity contribution in [1.29, 1.82) is 0 Å². The summed E-state index contributed by atoms with van der Waals surface area (Å²) < 4.78 is 32.3. The van der Waals surface area contributed by atoms with Gasteiger partial charge in [0.2, 0.25) is 0 Å². The number of hydrogen-bond acceptors (Lipinski definition) is 6. The van der Waals surface area contributed by atoms with Gasteiger partial charge in [0.15, 0.2) is 5.78 Å². The molecule has 7 nitrogen and oxygen atoms in total. The lowest BCUT2D eigenvalue weighted by Gasteiger charge is -2.20. The van der Waals surface area contributed by atoms with Crippen molar-refractivity contribution in [2.45, 2.75) is 52.7 Å². The molecule has 0 atom stereocenters. The predicted molar refractivity (Wildman–Crippen MR) is 149 cm³/mol. The van der Waals surface area contributed by atoms with E-state index in [0.717, 1.165) is 5.56 Å². The van der Waals surface area contributed by atoms with Crippen molar-refractivity contribution in [3.05, 3.63) is 93.2 Å². The first kappa shape index (κ1) is 29.8. The van der Waals surface area contributed by atoms with Crippen LogP contribution in [0.4, 0.5) is 9.18 Å². The molecule has 0 saturated carbocycles. The summed E-state index contributed by atoms with van der Waals surface area (Å²) in [6.45, 7) is 6.88. The highest BCUT2D eigenvalue weighted by Gasteiger charge is 2.30. The Morgan fingerprint density at radius 3 is 2.18 bits per heavy atom. The van der Waals surface area contributed by atoms with Gasteiger partial charge < -0.3 is 19.5 Å². The summed E-state index contributed by atoms with van der Waals surface area (Å²) in [6.07, 6.45) is -0.409. The number of para-hydroxylation sites is 1. The average molecular weight is 600 g/mol. The van der Waals surface area contributed by atoms with Crippen LogP contribution in [0.2, 0.25) is 0 Å². The minimum atomic E-state index is -0.848. The number of Topliss-reactive ketones (excluding diaryl/α,β-unsaturated/α-hetero) is 1. The Labute approximate surface area is 235 Å². The molecule has 0 fully saturated rings. The van der Waals surface area contributed by atoms with Gasteiger partial charge in [-0.25, -0.2) is 14.0 Å². The molecule has 0 aliphatic heterocycles. The highest BCUT2D eigenvalue weighted by Crippen LogP contribution is 2.39. The lowest BCUT2D eigenvalue weighted by Crippen LogP contribution is -2.33. The zero-order chi connectivity index (χ0) is 28.6. The van der Waals surface area contributed by atoms with E-state index in [1.165, 1.54) is 6.92 Å². The van der Waals surface area contributed by atoms with E-state index in [4.69, 9.17) is 14.2 Å². The summed E-state index contributed by atoms with van der Waals surface area (Å²) in [5.41, 5.74) is -0.260. The zero-order valence-electron chi connectivity index (χ0n) is 22.3. The lowest BCUT2D eigenvalue weighted by atomic mass is 9.98. The molecular formula is C30H31BrFNO6. The fourth-order valence-corrected chi connectivity index (χ4v) is 4.38. The fourth-order valence-electron chi connectivity index (χ4n) is 3.67. The highest BCUT2D eigenvalue weighted by molar-refractivity contribution is 9.10. The maximum absolute atomic E-state index is 15.6. The van der Waals surface area contributed by atoms with Crippen LogP contribution in [-0.2, 0) is 11.3 Å². The predicted octanol–water partition coefficient (Wildman–Crippen LogP) is 7.18. The number of alkyl carbamates (subject to hydrolysis) is 1. The molecule has 3 aromatic rings. The number of nitrogens with one attached hydrogen (secondary N) is 1. The van der Waals surface area contributed by atoms with Crippen LogP contribution in [0, 0.1) is 12.7 Å². The van der Waals surface area contributed by atoms with Crippen molar-refractivity contribution in [3.8, 4) is 11.5 Å². The van der Waals surface area contributed by atoms with Crippen LogP contribution in [0.3, 0.4) is 0 Å². The van der Waals surface area contributed by atoms with E-state index in [-0.39, 0.29) is 58.7 Å². The van der Waals surface area contributed by atoms with Gasteiger partial charge in [-0.05, 0) is 67.7 Å². The molecule has 0 bridgehead atoms. The van der Waals surface area contributed by atoms with Gasteiger partial charge in [-0.2, -0.15) is 0 Å². The zero-order valence-corrected chi connectivity index (χ0v) is 23.9. The second kappa shape index (κ2) is 13.4. The van der Waals surface area contributed by atoms with E-state index in [1.807, 2.05) is 30.3 Å². The van der Waals surface area contributed by atoms with Gasteiger partial charge in [-0.15, -0.1) is 0 Å². The first-order valence-corrected chi connectivity index (χ1v) is 13.2. The van der Waals surface area contributed by atoms with Crippen LogP contribution in [-0.4, -0.2) is 30.0 Å². The third-order valence-electron chi connectivity index (χ3n) is 5.48. The number of ether oxygens (including phenoxy) is 3. The Hall–Kier alpha value is -3.72. The lowest BCUT2D eigenvalue weighted by molar-refractivity contribution is 0.0525. The van der Waals surface area contributed by atoms with Crippen LogP contribution in [0.15, 0.2) is 65.1 Å². The normalized spacial score (nSPS) is 11.0. The van der Waals surface area contributed by atoms with Crippen LogP contribution in [0.1, 0.15) is 65.5 Å². The number of halogens is 2. The van der Waals surface area contributed by atoms with Crippen molar-refractivity contribution < 1.29 is 33.0 Å². The van der Waals surface area contributed by atoms with E-state index in [0.29, 0.717) is 0 Å². The minimum absolute atomic E-state index is 0.00825. The van der Waals surface area contributed by atoms with Gasteiger partial charge in [0.25, 0.3) is 0 Å². The van der Waals surface area contributed by atoms with Crippen molar-refractivity contribution in [2.75, 3.05) is 6.54 Å². The molecule has 0 radical (unpaired) electrons. The molecule has 1 amide bonds. The Morgan fingerprint density at radius 1 is 0.949 bits per heavy atom. The quantitative estimate of drug-likeness (QED) is 0.115. The molecule has 0 unspecified atom stereocenters. The van der Waals surface area contributed by atoms with E-state index >= 15 is 4.39 Å². The molecule has 0 saturated heterocycles. The van der Waals surface area contributed by atoms with Crippen LogP contribution in [0.25, 0.3) is 0 Å².